The van der Waals surface area contributed by atoms with E-state index in [1.165, 1.54) is 0 Å². The molecule has 1 heterocycles. The number of rotatable bonds is 9. The number of hydrogen-bond donors (Lipinski definition) is 3. The SMILES string of the molecule is CCNC(=NCCNS(=O)(=O)c1ccccc1)NCCn1cccc1. The van der Waals surface area contributed by atoms with Crippen LogP contribution in [0.2, 0.25) is 0 Å². The van der Waals surface area contributed by atoms with Crippen LogP contribution in [0.5, 0.6) is 0 Å². The predicted octanol–water partition coefficient (Wildman–Crippen LogP) is 1.02. The molecule has 0 saturated carbocycles. The van der Waals surface area contributed by atoms with E-state index in [1.54, 1.807) is 30.3 Å². The fraction of sp³-hybridized carbons (Fsp3) is 0.353. The molecule has 0 spiro atoms. The van der Waals surface area contributed by atoms with Crippen molar-refractivity contribution in [2.24, 2.45) is 4.99 Å². The van der Waals surface area contributed by atoms with E-state index >= 15 is 0 Å². The van der Waals surface area contributed by atoms with Crippen molar-refractivity contribution < 1.29 is 8.42 Å². The minimum atomic E-state index is -3.48. The Morgan fingerprint density at radius 3 is 2.44 bits per heavy atom. The van der Waals surface area contributed by atoms with Crippen LogP contribution in [0.1, 0.15) is 6.92 Å². The summed E-state index contributed by atoms with van der Waals surface area (Å²) in [6.45, 7) is 4.89. The van der Waals surface area contributed by atoms with Crippen molar-refractivity contribution in [3.05, 3.63) is 54.9 Å². The zero-order chi connectivity index (χ0) is 18.0. The molecule has 0 aliphatic carbocycles. The van der Waals surface area contributed by atoms with Crippen molar-refractivity contribution >= 4 is 16.0 Å². The lowest BCUT2D eigenvalue weighted by molar-refractivity contribution is 0.582. The third kappa shape index (κ3) is 6.60. The highest BCUT2D eigenvalue weighted by molar-refractivity contribution is 7.89. The number of aliphatic imine (C=N–C) groups is 1. The van der Waals surface area contributed by atoms with E-state index in [2.05, 4.69) is 24.9 Å². The average molecular weight is 363 g/mol. The van der Waals surface area contributed by atoms with E-state index < -0.39 is 10.0 Å². The lowest BCUT2D eigenvalue weighted by Crippen LogP contribution is -2.39. The maximum Gasteiger partial charge on any atom is 0.240 e. The molecular weight excluding hydrogens is 338 g/mol. The second-order valence-corrected chi connectivity index (χ2v) is 7.09. The van der Waals surface area contributed by atoms with Crippen LogP contribution in [-0.4, -0.2) is 45.1 Å². The summed E-state index contributed by atoms with van der Waals surface area (Å²) in [5, 5.41) is 6.37. The Balaban J connectivity index is 1.78. The maximum atomic E-state index is 12.1. The molecule has 7 nitrogen and oxygen atoms in total. The van der Waals surface area contributed by atoms with Gasteiger partial charge < -0.3 is 15.2 Å². The van der Waals surface area contributed by atoms with Gasteiger partial charge in [0.25, 0.3) is 0 Å². The number of sulfonamides is 1. The van der Waals surface area contributed by atoms with Crippen LogP contribution < -0.4 is 15.4 Å². The van der Waals surface area contributed by atoms with Gasteiger partial charge in [0.2, 0.25) is 10.0 Å². The molecule has 2 aromatic rings. The number of guanidine groups is 1. The van der Waals surface area contributed by atoms with Gasteiger partial charge in [-0.05, 0) is 31.2 Å². The van der Waals surface area contributed by atoms with Crippen molar-refractivity contribution in [2.45, 2.75) is 18.4 Å². The third-order valence-electron chi connectivity index (χ3n) is 3.40. The molecular formula is C17H25N5O2S. The Morgan fingerprint density at radius 2 is 1.76 bits per heavy atom. The molecule has 0 fully saturated rings. The summed E-state index contributed by atoms with van der Waals surface area (Å²) in [6.07, 6.45) is 4.01. The number of hydrogen-bond acceptors (Lipinski definition) is 3. The fourth-order valence-electron chi connectivity index (χ4n) is 2.20. The van der Waals surface area contributed by atoms with Gasteiger partial charge >= 0.3 is 0 Å². The van der Waals surface area contributed by atoms with Gasteiger partial charge in [-0.2, -0.15) is 0 Å². The summed E-state index contributed by atoms with van der Waals surface area (Å²) < 4.78 is 28.9. The molecule has 136 valence electrons. The van der Waals surface area contributed by atoms with Crippen molar-refractivity contribution in [1.82, 2.24) is 19.9 Å². The first kappa shape index (κ1) is 19.0. The summed E-state index contributed by atoms with van der Waals surface area (Å²) in [7, 11) is -3.48. The van der Waals surface area contributed by atoms with Crippen LogP contribution in [0.25, 0.3) is 0 Å². The van der Waals surface area contributed by atoms with E-state index in [9.17, 15) is 8.42 Å². The first-order valence-electron chi connectivity index (χ1n) is 8.29. The highest BCUT2D eigenvalue weighted by Gasteiger charge is 2.11. The largest absolute Gasteiger partial charge is 0.357 e. The van der Waals surface area contributed by atoms with Gasteiger partial charge in [0.1, 0.15) is 0 Å². The predicted molar refractivity (Wildman–Crippen MR) is 100 cm³/mol. The Kier molecular flexibility index (Phi) is 7.49. The Morgan fingerprint density at radius 1 is 1.04 bits per heavy atom. The standard InChI is InChI=1S/C17H25N5O2S/c1-2-18-17(20-12-15-22-13-6-7-14-22)19-10-11-21-25(23,24)16-8-4-3-5-9-16/h3-9,13-14,21H,2,10-12,15H2,1H3,(H2,18,19,20). The van der Waals surface area contributed by atoms with Crippen LogP contribution in [0.3, 0.4) is 0 Å². The Labute approximate surface area is 149 Å². The van der Waals surface area contributed by atoms with Crippen molar-refractivity contribution in [2.75, 3.05) is 26.2 Å². The summed E-state index contributed by atoms with van der Waals surface area (Å²) in [5.41, 5.74) is 0. The monoisotopic (exact) mass is 363 g/mol. The second-order valence-electron chi connectivity index (χ2n) is 5.32. The fourth-order valence-corrected chi connectivity index (χ4v) is 3.24. The van der Waals surface area contributed by atoms with Crippen LogP contribution >= 0.6 is 0 Å². The maximum absolute atomic E-state index is 12.1. The van der Waals surface area contributed by atoms with Gasteiger partial charge in [-0.25, -0.2) is 13.1 Å². The molecule has 0 bridgehead atoms. The molecule has 0 unspecified atom stereocenters. The van der Waals surface area contributed by atoms with Crippen LogP contribution in [0.4, 0.5) is 0 Å². The van der Waals surface area contributed by atoms with Gasteiger partial charge in [0.05, 0.1) is 11.4 Å². The first-order valence-corrected chi connectivity index (χ1v) is 9.78. The molecule has 1 aromatic heterocycles. The van der Waals surface area contributed by atoms with Crippen molar-refractivity contribution in [1.29, 1.82) is 0 Å². The molecule has 2 rings (SSSR count). The quantitative estimate of drug-likeness (QED) is 0.353. The lowest BCUT2D eigenvalue weighted by atomic mass is 10.4. The summed E-state index contributed by atoms with van der Waals surface area (Å²) >= 11 is 0. The first-order chi connectivity index (χ1) is 12.1. The number of benzene rings is 1. The molecule has 0 radical (unpaired) electrons. The van der Waals surface area contributed by atoms with Crippen LogP contribution in [0, 0.1) is 0 Å². The normalized spacial score (nSPS) is 12.1. The van der Waals surface area contributed by atoms with E-state index in [1.807, 2.05) is 31.5 Å². The molecule has 0 atom stereocenters. The van der Waals surface area contributed by atoms with Gasteiger partial charge in [-0.3, -0.25) is 4.99 Å². The molecule has 25 heavy (non-hydrogen) atoms. The minimum absolute atomic E-state index is 0.241. The molecule has 0 amide bonds. The summed E-state index contributed by atoms with van der Waals surface area (Å²) in [5.74, 6) is 0.675. The smallest absolute Gasteiger partial charge is 0.240 e. The zero-order valence-corrected chi connectivity index (χ0v) is 15.2. The molecule has 1 aromatic carbocycles. The molecule has 0 aliphatic rings. The highest BCUT2D eigenvalue weighted by atomic mass is 32.2. The number of nitrogens with one attached hydrogen (secondary N) is 3. The summed E-state index contributed by atoms with van der Waals surface area (Å²) in [6, 6.07) is 12.3. The van der Waals surface area contributed by atoms with E-state index in [-0.39, 0.29) is 11.4 Å². The Hall–Kier alpha value is -2.32. The van der Waals surface area contributed by atoms with E-state index in [0.29, 0.717) is 12.5 Å². The van der Waals surface area contributed by atoms with Crippen LogP contribution in [0.15, 0.2) is 64.7 Å². The third-order valence-corrected chi connectivity index (χ3v) is 4.88. The van der Waals surface area contributed by atoms with Gasteiger partial charge in [0, 0.05) is 38.6 Å². The van der Waals surface area contributed by atoms with E-state index in [4.69, 9.17) is 0 Å². The molecule has 8 heteroatoms. The Bertz CT molecular complexity index is 743. The molecule has 0 aliphatic heterocycles. The van der Waals surface area contributed by atoms with Gasteiger partial charge in [-0.1, -0.05) is 18.2 Å². The lowest BCUT2D eigenvalue weighted by Gasteiger charge is -2.12. The zero-order valence-electron chi connectivity index (χ0n) is 14.4. The van der Waals surface area contributed by atoms with Crippen molar-refractivity contribution in [3.8, 4) is 0 Å². The highest BCUT2D eigenvalue weighted by Crippen LogP contribution is 2.06. The number of aromatic nitrogens is 1. The minimum Gasteiger partial charge on any atom is -0.357 e. The van der Waals surface area contributed by atoms with Gasteiger partial charge in [-0.15, -0.1) is 0 Å². The molecule has 3 N–H and O–H groups in total. The van der Waals surface area contributed by atoms with Crippen molar-refractivity contribution in [3.63, 3.8) is 0 Å². The number of nitrogens with zero attached hydrogens (tertiary/aromatic N) is 2. The summed E-state index contributed by atoms with van der Waals surface area (Å²) in [4.78, 5) is 4.65. The second kappa shape index (κ2) is 9.85. The van der Waals surface area contributed by atoms with Crippen LogP contribution in [-0.2, 0) is 16.6 Å². The topological polar surface area (TPSA) is 87.5 Å². The average Bonchev–Trinajstić information content (AvgIpc) is 3.13. The van der Waals surface area contributed by atoms with Gasteiger partial charge in [0.15, 0.2) is 5.96 Å². The van der Waals surface area contributed by atoms with E-state index in [0.717, 1.165) is 19.6 Å². The molecule has 0 saturated heterocycles.